The molecular weight excluding hydrogens is 268 g/mol. The molecule has 0 aliphatic rings. The van der Waals surface area contributed by atoms with Gasteiger partial charge < -0.3 is 20.5 Å². The van der Waals surface area contributed by atoms with Gasteiger partial charge in [-0.25, -0.2) is 0 Å². The molecule has 0 heterocycles. The van der Waals surface area contributed by atoms with E-state index in [1.165, 1.54) is 14.2 Å². The molecule has 1 atom stereocenters. The average Bonchev–Trinajstić information content (AvgIpc) is 2.38. The van der Waals surface area contributed by atoms with Crippen molar-refractivity contribution in [2.24, 2.45) is 0 Å². The molecule has 106 valence electrons. The molecule has 0 aliphatic carbocycles. The van der Waals surface area contributed by atoms with Crippen LogP contribution in [0.3, 0.4) is 0 Å². The number of nitrogen functional groups attached to an aromatic ring is 1. The number of carbonyl (C=O) groups is 1. The number of rotatable bonds is 7. The van der Waals surface area contributed by atoms with E-state index in [2.05, 4.69) is 5.32 Å². The van der Waals surface area contributed by atoms with Crippen molar-refractivity contribution in [2.45, 2.75) is 0 Å². The summed E-state index contributed by atoms with van der Waals surface area (Å²) >= 11 is 0. The Hall–Kier alpha value is -1.60. The van der Waals surface area contributed by atoms with Crippen LogP contribution in [0.1, 0.15) is 0 Å². The van der Waals surface area contributed by atoms with Crippen molar-refractivity contribution in [1.29, 1.82) is 0 Å². The smallest absolute Gasteiger partial charge is 0.237 e. The standard InChI is InChI=1S/C12H18N2O4S/c1-17-5-6-19(16)8-12(15)14-10-4-3-9(13)7-11(10)18-2/h3-4,7H,5-6,8,13H2,1-2H3,(H,14,15). The number of amides is 1. The molecule has 0 aromatic heterocycles. The highest BCUT2D eigenvalue weighted by Crippen LogP contribution is 2.26. The maximum atomic E-state index is 11.7. The van der Waals surface area contributed by atoms with Gasteiger partial charge in [0.2, 0.25) is 5.91 Å². The monoisotopic (exact) mass is 286 g/mol. The Morgan fingerprint density at radius 2 is 2.16 bits per heavy atom. The molecule has 0 bridgehead atoms. The van der Waals surface area contributed by atoms with Crippen LogP contribution in [0.4, 0.5) is 11.4 Å². The van der Waals surface area contributed by atoms with Gasteiger partial charge in [-0.1, -0.05) is 0 Å². The predicted molar refractivity (Wildman–Crippen MR) is 75.8 cm³/mol. The quantitative estimate of drug-likeness (QED) is 0.717. The summed E-state index contributed by atoms with van der Waals surface area (Å²) in [6.07, 6.45) is 0. The highest BCUT2D eigenvalue weighted by Gasteiger charge is 2.11. The molecule has 0 fully saturated rings. The lowest BCUT2D eigenvalue weighted by Crippen LogP contribution is -2.22. The van der Waals surface area contributed by atoms with Crippen molar-refractivity contribution in [2.75, 3.05) is 43.4 Å². The van der Waals surface area contributed by atoms with E-state index in [1.807, 2.05) is 0 Å². The van der Waals surface area contributed by atoms with Crippen LogP contribution in [-0.4, -0.2) is 42.4 Å². The third-order valence-corrected chi connectivity index (χ3v) is 3.51. The number of methoxy groups -OCH3 is 2. The Kier molecular flexibility index (Phi) is 6.31. The van der Waals surface area contributed by atoms with Gasteiger partial charge >= 0.3 is 0 Å². The fraction of sp³-hybridized carbons (Fsp3) is 0.417. The number of ether oxygens (including phenoxy) is 2. The maximum Gasteiger partial charge on any atom is 0.237 e. The minimum atomic E-state index is -1.24. The normalized spacial score (nSPS) is 11.9. The second-order valence-corrected chi connectivity index (χ2v) is 5.37. The van der Waals surface area contributed by atoms with E-state index in [-0.39, 0.29) is 11.7 Å². The van der Waals surface area contributed by atoms with Gasteiger partial charge in [0.25, 0.3) is 0 Å². The zero-order valence-corrected chi connectivity index (χ0v) is 11.8. The number of hydrogen-bond acceptors (Lipinski definition) is 5. The van der Waals surface area contributed by atoms with E-state index < -0.39 is 10.8 Å². The van der Waals surface area contributed by atoms with E-state index in [4.69, 9.17) is 15.2 Å². The first-order chi connectivity index (χ1) is 9.06. The maximum absolute atomic E-state index is 11.7. The Morgan fingerprint density at radius 1 is 1.42 bits per heavy atom. The molecule has 0 saturated carbocycles. The first-order valence-corrected chi connectivity index (χ1v) is 7.13. The Morgan fingerprint density at radius 3 is 2.79 bits per heavy atom. The van der Waals surface area contributed by atoms with Crippen LogP contribution in [0.15, 0.2) is 18.2 Å². The topological polar surface area (TPSA) is 90.7 Å². The van der Waals surface area contributed by atoms with Gasteiger partial charge in [-0.15, -0.1) is 0 Å². The third-order valence-electron chi connectivity index (χ3n) is 2.31. The zero-order valence-electron chi connectivity index (χ0n) is 11.0. The van der Waals surface area contributed by atoms with Gasteiger partial charge in [0, 0.05) is 35.4 Å². The molecule has 7 heteroatoms. The summed E-state index contributed by atoms with van der Waals surface area (Å²) in [5, 5.41) is 2.64. The van der Waals surface area contributed by atoms with Crippen molar-refractivity contribution in [3.63, 3.8) is 0 Å². The SMILES string of the molecule is COCCS(=O)CC(=O)Nc1ccc(N)cc1OC. The van der Waals surface area contributed by atoms with E-state index in [9.17, 15) is 9.00 Å². The lowest BCUT2D eigenvalue weighted by molar-refractivity contribution is -0.113. The summed E-state index contributed by atoms with van der Waals surface area (Å²) in [5.74, 6) is 0.396. The molecule has 0 aliphatic heterocycles. The number of anilines is 2. The zero-order chi connectivity index (χ0) is 14.3. The second kappa shape index (κ2) is 7.75. The fourth-order valence-corrected chi connectivity index (χ4v) is 2.25. The molecule has 1 amide bonds. The summed E-state index contributed by atoms with van der Waals surface area (Å²) < 4.78 is 21.4. The van der Waals surface area contributed by atoms with Crippen LogP contribution >= 0.6 is 0 Å². The molecule has 0 saturated heterocycles. The van der Waals surface area contributed by atoms with Crippen molar-refractivity contribution >= 4 is 28.1 Å². The van der Waals surface area contributed by atoms with Gasteiger partial charge in [0.1, 0.15) is 11.5 Å². The van der Waals surface area contributed by atoms with E-state index >= 15 is 0 Å². The largest absolute Gasteiger partial charge is 0.494 e. The van der Waals surface area contributed by atoms with E-state index in [0.29, 0.717) is 29.5 Å². The third kappa shape index (κ3) is 5.27. The summed E-state index contributed by atoms with van der Waals surface area (Å²) in [7, 11) is 1.77. The van der Waals surface area contributed by atoms with Crippen LogP contribution < -0.4 is 15.8 Å². The number of benzene rings is 1. The van der Waals surface area contributed by atoms with Gasteiger partial charge in [0.05, 0.1) is 19.4 Å². The van der Waals surface area contributed by atoms with Crippen molar-refractivity contribution < 1.29 is 18.5 Å². The summed E-state index contributed by atoms with van der Waals surface area (Å²) in [6.45, 7) is 0.366. The Bertz CT molecular complexity index is 465. The van der Waals surface area contributed by atoms with Crippen LogP contribution in [0, 0.1) is 0 Å². The number of nitrogens with two attached hydrogens (primary N) is 1. The van der Waals surface area contributed by atoms with Crippen molar-refractivity contribution in [3.8, 4) is 5.75 Å². The first kappa shape index (κ1) is 15.5. The molecule has 0 spiro atoms. The minimum Gasteiger partial charge on any atom is -0.494 e. The van der Waals surface area contributed by atoms with Crippen LogP contribution in [0.2, 0.25) is 0 Å². The lowest BCUT2D eigenvalue weighted by Gasteiger charge is -2.10. The molecule has 19 heavy (non-hydrogen) atoms. The van der Waals surface area contributed by atoms with Gasteiger partial charge in [-0.05, 0) is 12.1 Å². The van der Waals surface area contributed by atoms with Gasteiger partial charge in [-0.3, -0.25) is 9.00 Å². The minimum absolute atomic E-state index is 0.0725. The molecule has 1 unspecified atom stereocenters. The molecule has 0 radical (unpaired) electrons. The van der Waals surface area contributed by atoms with Crippen molar-refractivity contribution in [3.05, 3.63) is 18.2 Å². The summed E-state index contributed by atoms with van der Waals surface area (Å²) in [4.78, 5) is 11.7. The van der Waals surface area contributed by atoms with E-state index in [1.54, 1.807) is 18.2 Å². The predicted octanol–water partition coefficient (Wildman–Crippen LogP) is 0.611. The van der Waals surface area contributed by atoms with Crippen LogP contribution in [-0.2, 0) is 20.3 Å². The van der Waals surface area contributed by atoms with Crippen LogP contribution in [0.25, 0.3) is 0 Å². The summed E-state index contributed by atoms with van der Waals surface area (Å²) in [6, 6.07) is 4.90. The fourth-order valence-electron chi connectivity index (χ4n) is 1.39. The molecule has 1 aromatic carbocycles. The summed E-state index contributed by atoms with van der Waals surface area (Å²) in [5.41, 5.74) is 6.66. The molecular formula is C12H18N2O4S. The highest BCUT2D eigenvalue weighted by atomic mass is 32.2. The average molecular weight is 286 g/mol. The van der Waals surface area contributed by atoms with E-state index in [0.717, 1.165) is 0 Å². The van der Waals surface area contributed by atoms with Crippen molar-refractivity contribution in [1.82, 2.24) is 0 Å². The highest BCUT2D eigenvalue weighted by molar-refractivity contribution is 7.85. The molecule has 3 N–H and O–H groups in total. The number of nitrogens with one attached hydrogen (secondary N) is 1. The molecule has 1 rings (SSSR count). The molecule has 1 aromatic rings. The number of hydrogen-bond donors (Lipinski definition) is 2. The Labute approximate surface area is 114 Å². The second-order valence-electron chi connectivity index (χ2n) is 3.79. The van der Waals surface area contributed by atoms with Gasteiger partial charge in [0.15, 0.2) is 0 Å². The van der Waals surface area contributed by atoms with Crippen LogP contribution in [0.5, 0.6) is 5.75 Å². The first-order valence-electron chi connectivity index (χ1n) is 5.64. The molecule has 6 nitrogen and oxygen atoms in total. The Balaban J connectivity index is 2.59. The number of carbonyl (C=O) groups excluding carboxylic acids is 1. The van der Waals surface area contributed by atoms with Gasteiger partial charge in [-0.2, -0.15) is 0 Å². The lowest BCUT2D eigenvalue weighted by atomic mass is 10.2.